The van der Waals surface area contributed by atoms with Crippen LogP contribution in [0.25, 0.3) is 11.0 Å². The van der Waals surface area contributed by atoms with Gasteiger partial charge in [-0.1, -0.05) is 12.1 Å². The molecule has 0 fully saturated rings. The van der Waals surface area contributed by atoms with Crippen LogP contribution in [0.2, 0.25) is 0 Å². The molecule has 0 unspecified atom stereocenters. The van der Waals surface area contributed by atoms with Crippen LogP contribution in [0.15, 0.2) is 48.5 Å². The number of nitrogens with zero attached hydrogens (tertiary/aromatic N) is 3. The van der Waals surface area contributed by atoms with Gasteiger partial charge < -0.3 is 24.3 Å². The van der Waals surface area contributed by atoms with Crippen LogP contribution in [0.3, 0.4) is 0 Å². The zero-order valence-corrected chi connectivity index (χ0v) is 17.9. The first-order chi connectivity index (χ1) is 14.6. The Labute approximate surface area is 177 Å². The van der Waals surface area contributed by atoms with Gasteiger partial charge in [-0.2, -0.15) is 0 Å². The fourth-order valence-electron chi connectivity index (χ4n) is 3.18. The van der Waals surface area contributed by atoms with Crippen LogP contribution in [-0.4, -0.2) is 60.8 Å². The second-order valence-electron chi connectivity index (χ2n) is 7.26. The second kappa shape index (κ2) is 10.6. The first-order valence-corrected chi connectivity index (χ1v) is 10.3. The summed E-state index contributed by atoms with van der Waals surface area (Å²) in [6, 6.07) is 15.4. The van der Waals surface area contributed by atoms with Crippen molar-refractivity contribution in [2.45, 2.75) is 19.9 Å². The number of likely N-dealkylation sites (N-methyl/N-ethyl adjacent to an activating group) is 1. The van der Waals surface area contributed by atoms with Gasteiger partial charge in [-0.3, -0.25) is 4.79 Å². The maximum atomic E-state index is 12.2. The summed E-state index contributed by atoms with van der Waals surface area (Å²) in [4.78, 5) is 19.1. The number of ether oxygens (including phenoxy) is 2. The standard InChI is InChI=1S/C23H30N4O3/c1-4-29-18-9-11-19(12-10-18)30-17-23(28)24-14-13-22-25-20-7-5-6-8-21(20)27(22)16-15-26(2)3/h5-12H,4,13-17H2,1-3H3,(H,24,28). The summed E-state index contributed by atoms with van der Waals surface area (Å²) in [7, 11) is 4.12. The van der Waals surface area contributed by atoms with Crippen molar-refractivity contribution < 1.29 is 14.3 Å². The minimum absolute atomic E-state index is 0.0228. The molecule has 3 aromatic rings. The highest BCUT2D eigenvalue weighted by atomic mass is 16.5. The first kappa shape index (κ1) is 21.6. The fraction of sp³-hybridized carbons (Fsp3) is 0.391. The molecule has 0 aliphatic heterocycles. The van der Waals surface area contributed by atoms with Crippen molar-refractivity contribution in [3.05, 3.63) is 54.4 Å². The van der Waals surface area contributed by atoms with E-state index < -0.39 is 0 Å². The molecular formula is C23H30N4O3. The van der Waals surface area contributed by atoms with Crippen molar-refractivity contribution in [1.82, 2.24) is 19.8 Å². The van der Waals surface area contributed by atoms with Gasteiger partial charge in [-0.25, -0.2) is 4.98 Å². The van der Waals surface area contributed by atoms with Gasteiger partial charge >= 0.3 is 0 Å². The number of fused-ring (bicyclic) bond motifs is 1. The molecule has 7 heteroatoms. The van der Waals surface area contributed by atoms with Crippen LogP contribution < -0.4 is 14.8 Å². The molecule has 0 aliphatic carbocycles. The molecule has 2 aromatic carbocycles. The Morgan fingerprint density at radius 3 is 2.47 bits per heavy atom. The first-order valence-electron chi connectivity index (χ1n) is 10.3. The van der Waals surface area contributed by atoms with Crippen molar-refractivity contribution in [3.63, 3.8) is 0 Å². The number of hydrogen-bond donors (Lipinski definition) is 1. The summed E-state index contributed by atoms with van der Waals surface area (Å²) in [5.41, 5.74) is 2.11. The average molecular weight is 411 g/mol. The monoisotopic (exact) mass is 410 g/mol. The van der Waals surface area contributed by atoms with E-state index in [-0.39, 0.29) is 12.5 Å². The largest absolute Gasteiger partial charge is 0.494 e. The Morgan fingerprint density at radius 1 is 1.07 bits per heavy atom. The number of nitrogens with one attached hydrogen (secondary N) is 1. The number of rotatable bonds is 11. The molecule has 0 aliphatic rings. The molecule has 1 amide bonds. The number of aromatic nitrogens is 2. The van der Waals surface area contributed by atoms with E-state index in [0.29, 0.717) is 25.3 Å². The highest BCUT2D eigenvalue weighted by Gasteiger charge is 2.11. The molecule has 0 saturated carbocycles. The van der Waals surface area contributed by atoms with Gasteiger partial charge in [0.25, 0.3) is 5.91 Å². The van der Waals surface area contributed by atoms with Crippen LogP contribution in [0, 0.1) is 0 Å². The van der Waals surface area contributed by atoms with Gasteiger partial charge in [0.2, 0.25) is 0 Å². The van der Waals surface area contributed by atoms with Crippen LogP contribution in [-0.2, 0) is 17.8 Å². The number of para-hydroxylation sites is 2. The molecule has 3 rings (SSSR count). The summed E-state index contributed by atoms with van der Waals surface area (Å²) in [6.07, 6.45) is 0.664. The van der Waals surface area contributed by atoms with Crippen LogP contribution in [0.1, 0.15) is 12.7 Å². The highest BCUT2D eigenvalue weighted by Crippen LogP contribution is 2.18. The third-order valence-electron chi connectivity index (χ3n) is 4.68. The van der Waals surface area contributed by atoms with Gasteiger partial charge in [-0.05, 0) is 57.4 Å². The third-order valence-corrected chi connectivity index (χ3v) is 4.68. The molecule has 30 heavy (non-hydrogen) atoms. The minimum atomic E-state index is -0.153. The Morgan fingerprint density at radius 2 is 1.77 bits per heavy atom. The predicted molar refractivity (Wildman–Crippen MR) is 118 cm³/mol. The summed E-state index contributed by atoms with van der Waals surface area (Å²) >= 11 is 0. The number of benzene rings is 2. The second-order valence-corrected chi connectivity index (χ2v) is 7.26. The molecule has 1 heterocycles. The average Bonchev–Trinajstić information content (AvgIpc) is 3.09. The molecule has 7 nitrogen and oxygen atoms in total. The third kappa shape index (κ3) is 5.97. The molecule has 0 radical (unpaired) electrons. The maximum Gasteiger partial charge on any atom is 0.257 e. The van der Waals surface area contributed by atoms with Crippen molar-refractivity contribution in [1.29, 1.82) is 0 Å². The molecule has 0 spiro atoms. The lowest BCUT2D eigenvalue weighted by Crippen LogP contribution is -2.31. The molecule has 160 valence electrons. The van der Waals surface area contributed by atoms with Crippen molar-refractivity contribution >= 4 is 16.9 Å². The molecule has 0 saturated heterocycles. The summed E-state index contributed by atoms with van der Waals surface area (Å²) in [6.45, 7) is 4.83. The summed E-state index contributed by atoms with van der Waals surface area (Å²) in [5, 5.41) is 2.92. The lowest BCUT2D eigenvalue weighted by atomic mass is 10.3. The normalized spacial score (nSPS) is 11.1. The number of amides is 1. The van der Waals surface area contributed by atoms with E-state index in [9.17, 15) is 4.79 Å². The van der Waals surface area contributed by atoms with Gasteiger partial charge in [0.1, 0.15) is 17.3 Å². The van der Waals surface area contributed by atoms with E-state index in [1.54, 1.807) is 12.1 Å². The Hall–Kier alpha value is -3.06. The van der Waals surface area contributed by atoms with Gasteiger partial charge in [-0.15, -0.1) is 0 Å². The molecule has 0 atom stereocenters. The van der Waals surface area contributed by atoms with E-state index in [1.165, 1.54) is 0 Å². The highest BCUT2D eigenvalue weighted by molar-refractivity contribution is 5.77. The molecule has 1 N–H and O–H groups in total. The lowest BCUT2D eigenvalue weighted by Gasteiger charge is -2.13. The topological polar surface area (TPSA) is 68.6 Å². The smallest absolute Gasteiger partial charge is 0.257 e. The van der Waals surface area contributed by atoms with E-state index in [2.05, 4.69) is 34.9 Å². The van der Waals surface area contributed by atoms with E-state index in [1.807, 2.05) is 37.3 Å². The number of hydrogen-bond acceptors (Lipinski definition) is 5. The van der Waals surface area contributed by atoms with E-state index >= 15 is 0 Å². The number of imidazole rings is 1. The fourth-order valence-corrected chi connectivity index (χ4v) is 3.18. The zero-order valence-electron chi connectivity index (χ0n) is 17.9. The number of carbonyl (C=O) groups is 1. The lowest BCUT2D eigenvalue weighted by molar-refractivity contribution is -0.123. The SMILES string of the molecule is CCOc1ccc(OCC(=O)NCCc2nc3ccccc3n2CCN(C)C)cc1. The Bertz CT molecular complexity index is 951. The van der Waals surface area contributed by atoms with Crippen molar-refractivity contribution in [2.24, 2.45) is 0 Å². The van der Waals surface area contributed by atoms with E-state index in [4.69, 9.17) is 14.5 Å². The summed E-state index contributed by atoms with van der Waals surface area (Å²) < 4.78 is 13.2. The van der Waals surface area contributed by atoms with Gasteiger partial charge in [0, 0.05) is 26.1 Å². The van der Waals surface area contributed by atoms with Crippen molar-refractivity contribution in [2.75, 3.05) is 40.4 Å². The Balaban J connectivity index is 1.51. The van der Waals surface area contributed by atoms with Gasteiger partial charge in [0.15, 0.2) is 6.61 Å². The molecule has 1 aromatic heterocycles. The molecule has 0 bridgehead atoms. The predicted octanol–water partition coefficient (Wildman–Crippen LogP) is 2.73. The minimum Gasteiger partial charge on any atom is -0.494 e. The van der Waals surface area contributed by atoms with Gasteiger partial charge in [0.05, 0.1) is 17.6 Å². The van der Waals surface area contributed by atoms with Crippen molar-refractivity contribution in [3.8, 4) is 11.5 Å². The van der Waals surface area contributed by atoms with Crippen LogP contribution >= 0.6 is 0 Å². The maximum absolute atomic E-state index is 12.2. The summed E-state index contributed by atoms with van der Waals surface area (Å²) in [5.74, 6) is 2.25. The molecular weight excluding hydrogens is 380 g/mol. The quantitative estimate of drug-likeness (QED) is 0.526. The number of carbonyl (C=O) groups excluding carboxylic acids is 1. The van der Waals surface area contributed by atoms with Crippen LogP contribution in [0.5, 0.6) is 11.5 Å². The Kier molecular flexibility index (Phi) is 7.68. The van der Waals surface area contributed by atoms with Crippen LogP contribution in [0.4, 0.5) is 0 Å². The zero-order chi connectivity index (χ0) is 21.3. The van der Waals surface area contributed by atoms with E-state index in [0.717, 1.165) is 35.7 Å².